The molecule has 0 amide bonds. The normalized spacial score (nSPS) is 31.1. The molecule has 0 unspecified atom stereocenters. The molecule has 0 aromatic rings. The first kappa shape index (κ1) is 29.1. The van der Waals surface area contributed by atoms with Crippen LogP contribution in [0, 0.1) is 40.9 Å². The van der Waals surface area contributed by atoms with Crippen LogP contribution in [0.25, 0.3) is 0 Å². The van der Waals surface area contributed by atoms with Crippen molar-refractivity contribution in [2.75, 3.05) is 13.2 Å². The lowest BCUT2D eigenvalue weighted by atomic mass is 9.89. The molecule has 198 valence electrons. The van der Waals surface area contributed by atoms with Gasteiger partial charge >= 0.3 is 0 Å². The molecule has 0 N–H and O–H groups in total. The summed E-state index contributed by atoms with van der Waals surface area (Å²) in [7, 11) is -1.96. The molecule has 0 aromatic carbocycles. The van der Waals surface area contributed by atoms with E-state index in [2.05, 4.69) is 81.6 Å². The van der Waals surface area contributed by atoms with Gasteiger partial charge in [-0.3, -0.25) is 4.79 Å². The third kappa shape index (κ3) is 6.71. The Morgan fingerprint density at radius 3 is 2.40 bits per heavy atom. The topological polar surface area (TPSA) is 44.8 Å². The molecule has 0 radical (unpaired) electrons. The van der Waals surface area contributed by atoms with Crippen LogP contribution in [0.4, 0.5) is 0 Å². The molecule has 1 aliphatic heterocycles. The zero-order valence-corrected chi connectivity index (χ0v) is 26.0. The molecule has 4 nitrogen and oxygen atoms in total. The minimum atomic E-state index is -1.96. The smallest absolute Gasteiger partial charge is 0.192 e. The minimum absolute atomic E-state index is 0.0580. The highest BCUT2D eigenvalue weighted by Gasteiger charge is 2.58. The summed E-state index contributed by atoms with van der Waals surface area (Å²) in [6, 6.07) is 0. The van der Waals surface area contributed by atoms with Crippen LogP contribution in [0.15, 0.2) is 10.6 Å². The van der Waals surface area contributed by atoms with Crippen LogP contribution in [0.2, 0.25) is 18.1 Å². The van der Waals surface area contributed by atoms with Crippen molar-refractivity contribution in [3.05, 3.63) is 10.6 Å². The molecule has 2 aliphatic carbocycles. The third-order valence-corrected chi connectivity index (χ3v) is 13.8. The molecule has 1 saturated heterocycles. The Morgan fingerprint density at radius 1 is 1.20 bits per heavy atom. The Balaban J connectivity index is 1.83. The van der Waals surface area contributed by atoms with Gasteiger partial charge in [0, 0.05) is 42.9 Å². The van der Waals surface area contributed by atoms with Gasteiger partial charge in [0.05, 0.1) is 23.8 Å². The first-order chi connectivity index (χ1) is 16.1. The molecule has 3 rings (SSSR count). The lowest BCUT2D eigenvalue weighted by Gasteiger charge is -2.43. The molecule has 1 heterocycles. The predicted molar refractivity (Wildman–Crippen MR) is 149 cm³/mol. The van der Waals surface area contributed by atoms with Crippen molar-refractivity contribution >= 4 is 30.0 Å². The fourth-order valence-electron chi connectivity index (χ4n) is 5.41. The second kappa shape index (κ2) is 10.7. The predicted octanol–water partition coefficient (Wildman–Crippen LogP) is 7.48. The Labute approximate surface area is 223 Å². The Hall–Kier alpha value is -0.453. The van der Waals surface area contributed by atoms with Crippen molar-refractivity contribution in [1.29, 1.82) is 0 Å². The van der Waals surface area contributed by atoms with Crippen LogP contribution < -0.4 is 0 Å². The van der Waals surface area contributed by atoms with E-state index in [-0.39, 0.29) is 34.2 Å². The zero-order valence-electron chi connectivity index (χ0n) is 23.4. The molecule has 0 aromatic heterocycles. The first-order valence-electron chi connectivity index (χ1n) is 13.4. The summed E-state index contributed by atoms with van der Waals surface area (Å²) in [6.45, 7) is 21.4. The van der Waals surface area contributed by atoms with Gasteiger partial charge in [0.25, 0.3) is 0 Å². The van der Waals surface area contributed by atoms with E-state index in [0.717, 1.165) is 38.9 Å². The average Bonchev–Trinajstić information content (AvgIpc) is 3.24. The lowest BCUT2D eigenvalue weighted by Crippen LogP contribution is -2.47. The quantitative estimate of drug-likeness (QED) is 0.190. The number of ketones is 1. The highest BCUT2D eigenvalue weighted by molar-refractivity contribution is 9.12. The summed E-state index contributed by atoms with van der Waals surface area (Å²) < 4.78 is 20.5. The molecular formula is C29H47BrO4Si. The Bertz CT molecular complexity index is 865. The molecule has 2 saturated carbocycles. The standard InChI is InChI=1S/C29H47BrO4Si/c1-10-11-12-13-20(2)26(31)24(30)15-22-23-17-29(32-18-28(6,7)19-33-29)16-21(23)14-25(22)34-35(8,9)27(3,4)5/h15,20-23,25H,10,13-14,16-19H2,1-9H3/b24-15-/t20-,21+,22-,23-,25+/m0/s1. The fourth-order valence-corrected chi connectivity index (χ4v) is 7.47. The summed E-state index contributed by atoms with van der Waals surface area (Å²) in [6.07, 6.45) is 6.50. The minimum Gasteiger partial charge on any atom is -0.413 e. The zero-order chi connectivity index (χ0) is 26.2. The van der Waals surface area contributed by atoms with Gasteiger partial charge in [-0.05, 0) is 52.3 Å². The van der Waals surface area contributed by atoms with Gasteiger partial charge in [-0.2, -0.15) is 0 Å². The van der Waals surface area contributed by atoms with Gasteiger partial charge < -0.3 is 13.9 Å². The van der Waals surface area contributed by atoms with Crippen LogP contribution in [-0.2, 0) is 18.7 Å². The SMILES string of the molecule is CCC#CC[C@H](C)C(=O)/C(Br)=C/[C@H]1[C@H]2CC3(C[C@H]2C[C@H]1O[Si](C)(C)C(C)(C)C)OCC(C)(C)CO3. The van der Waals surface area contributed by atoms with E-state index in [1.165, 1.54) is 0 Å². The van der Waals surface area contributed by atoms with E-state index in [4.69, 9.17) is 13.9 Å². The number of fused-ring (bicyclic) bond motifs is 1. The van der Waals surface area contributed by atoms with Gasteiger partial charge in [0.1, 0.15) is 0 Å². The molecule has 1 spiro atoms. The van der Waals surface area contributed by atoms with Gasteiger partial charge in [-0.1, -0.05) is 54.5 Å². The summed E-state index contributed by atoms with van der Waals surface area (Å²) in [5.74, 6) is 6.78. The van der Waals surface area contributed by atoms with E-state index in [1.54, 1.807) is 0 Å². The van der Waals surface area contributed by atoms with E-state index in [9.17, 15) is 4.79 Å². The van der Waals surface area contributed by atoms with Crippen molar-refractivity contribution in [3.8, 4) is 11.8 Å². The number of hydrogen-bond donors (Lipinski definition) is 0. The number of allylic oxidation sites excluding steroid dienone is 1. The number of Topliss-reactive ketones (excluding diaryl/α,β-unsaturated/α-hetero) is 1. The first-order valence-corrected chi connectivity index (χ1v) is 17.1. The maximum absolute atomic E-state index is 13.2. The van der Waals surface area contributed by atoms with Crippen molar-refractivity contribution in [2.45, 2.75) is 111 Å². The molecule has 6 heteroatoms. The van der Waals surface area contributed by atoms with Crippen LogP contribution >= 0.6 is 15.9 Å². The van der Waals surface area contributed by atoms with Crippen molar-refractivity contribution in [2.24, 2.45) is 29.1 Å². The molecule has 3 aliphatic rings. The van der Waals surface area contributed by atoms with E-state index in [0.29, 0.717) is 22.7 Å². The number of ether oxygens (including phenoxy) is 2. The molecule has 3 fully saturated rings. The number of hydrogen-bond acceptors (Lipinski definition) is 4. The van der Waals surface area contributed by atoms with Gasteiger partial charge in [-0.25, -0.2) is 0 Å². The largest absolute Gasteiger partial charge is 0.413 e. The van der Waals surface area contributed by atoms with Crippen molar-refractivity contribution in [1.82, 2.24) is 0 Å². The fraction of sp³-hybridized carbons (Fsp3) is 0.828. The van der Waals surface area contributed by atoms with Crippen molar-refractivity contribution in [3.63, 3.8) is 0 Å². The highest BCUT2D eigenvalue weighted by atomic mass is 79.9. The van der Waals surface area contributed by atoms with Crippen molar-refractivity contribution < 1.29 is 18.7 Å². The van der Waals surface area contributed by atoms with Crippen LogP contribution in [-0.4, -0.2) is 39.2 Å². The number of rotatable bonds is 6. The second-order valence-corrected chi connectivity index (χ2v) is 19.0. The summed E-state index contributed by atoms with van der Waals surface area (Å²) in [4.78, 5) is 13.2. The van der Waals surface area contributed by atoms with Crippen LogP contribution in [0.3, 0.4) is 0 Å². The number of halogens is 1. The third-order valence-electron chi connectivity index (χ3n) is 8.62. The molecular weight excluding hydrogens is 520 g/mol. The Morgan fingerprint density at radius 2 is 1.83 bits per heavy atom. The van der Waals surface area contributed by atoms with Crippen LogP contribution in [0.5, 0.6) is 0 Å². The average molecular weight is 568 g/mol. The lowest BCUT2D eigenvalue weighted by molar-refractivity contribution is -0.298. The number of carbonyl (C=O) groups is 1. The molecule has 35 heavy (non-hydrogen) atoms. The maximum Gasteiger partial charge on any atom is 0.192 e. The highest BCUT2D eigenvalue weighted by Crippen LogP contribution is 2.57. The summed E-state index contributed by atoms with van der Waals surface area (Å²) in [5.41, 5.74) is 0.0580. The monoisotopic (exact) mass is 566 g/mol. The van der Waals surface area contributed by atoms with Gasteiger partial charge in [0.15, 0.2) is 19.9 Å². The maximum atomic E-state index is 13.2. The molecule has 0 bridgehead atoms. The van der Waals surface area contributed by atoms with E-state index in [1.807, 2.05) is 13.8 Å². The van der Waals surface area contributed by atoms with Crippen LogP contribution in [0.1, 0.15) is 80.6 Å². The molecule has 5 atom stereocenters. The summed E-state index contributed by atoms with van der Waals surface area (Å²) in [5, 5.41) is 0.140. The Kier molecular flexibility index (Phi) is 8.92. The van der Waals surface area contributed by atoms with E-state index >= 15 is 0 Å². The number of carbonyl (C=O) groups excluding carboxylic acids is 1. The van der Waals surface area contributed by atoms with Gasteiger partial charge in [0.2, 0.25) is 0 Å². The van der Waals surface area contributed by atoms with Gasteiger partial charge in [-0.15, -0.1) is 11.8 Å². The second-order valence-electron chi connectivity index (χ2n) is 13.4. The van der Waals surface area contributed by atoms with E-state index < -0.39 is 14.1 Å². The summed E-state index contributed by atoms with van der Waals surface area (Å²) >= 11 is 3.67.